The van der Waals surface area contributed by atoms with Crippen LogP contribution in [0.1, 0.15) is 30.9 Å². The van der Waals surface area contributed by atoms with Crippen molar-refractivity contribution in [2.45, 2.75) is 44.2 Å². The summed E-state index contributed by atoms with van der Waals surface area (Å²) in [6.07, 6.45) is 3.60. The summed E-state index contributed by atoms with van der Waals surface area (Å²) in [5, 5.41) is 2.89. The van der Waals surface area contributed by atoms with Crippen molar-refractivity contribution in [1.29, 1.82) is 0 Å². The molecule has 0 saturated heterocycles. The van der Waals surface area contributed by atoms with Crippen LogP contribution in [0.4, 0.5) is 4.79 Å². The number of carbonyl (C=O) groups is 1. The zero-order chi connectivity index (χ0) is 16.5. The Morgan fingerprint density at radius 3 is 2.55 bits per heavy atom. The molecule has 1 unspecified atom stereocenters. The van der Waals surface area contributed by atoms with E-state index in [-0.39, 0.29) is 12.1 Å². The largest absolute Gasteiger partial charge is 0.334 e. The van der Waals surface area contributed by atoms with E-state index in [1.165, 1.54) is 19.1 Å². The number of hydrogen-bond acceptors (Lipinski definition) is 3. The Balaban J connectivity index is 1.96. The topological polar surface area (TPSA) is 66.5 Å². The molecular weight excluding hydrogens is 300 g/mol. The summed E-state index contributed by atoms with van der Waals surface area (Å²) in [5.74, 6) is 0.632. The van der Waals surface area contributed by atoms with Crippen LogP contribution >= 0.6 is 0 Å². The number of sulfone groups is 1. The van der Waals surface area contributed by atoms with Gasteiger partial charge < -0.3 is 10.2 Å². The Hall–Kier alpha value is -1.56. The maximum Gasteiger partial charge on any atom is 0.317 e. The molecule has 0 aliphatic heterocycles. The molecule has 1 saturated carbocycles. The smallest absolute Gasteiger partial charge is 0.317 e. The van der Waals surface area contributed by atoms with Crippen molar-refractivity contribution < 1.29 is 13.2 Å². The minimum absolute atomic E-state index is 0.0933. The maximum atomic E-state index is 12.1. The third-order valence-electron chi connectivity index (χ3n) is 4.32. The van der Waals surface area contributed by atoms with Gasteiger partial charge in [0, 0.05) is 25.9 Å². The summed E-state index contributed by atoms with van der Waals surface area (Å²) >= 11 is 0. The van der Waals surface area contributed by atoms with Gasteiger partial charge in [-0.05, 0) is 49.8 Å². The second kappa shape index (κ2) is 6.28. The van der Waals surface area contributed by atoms with Gasteiger partial charge in [-0.1, -0.05) is 12.1 Å². The highest BCUT2D eigenvalue weighted by Gasteiger charge is 2.32. The normalized spacial score (nSPS) is 16.2. The first kappa shape index (κ1) is 16.8. The van der Waals surface area contributed by atoms with Gasteiger partial charge in [0.1, 0.15) is 0 Å². The van der Waals surface area contributed by atoms with Gasteiger partial charge in [-0.25, -0.2) is 13.2 Å². The van der Waals surface area contributed by atoms with Gasteiger partial charge >= 0.3 is 6.03 Å². The lowest BCUT2D eigenvalue weighted by Crippen LogP contribution is -2.43. The molecule has 1 aliphatic rings. The van der Waals surface area contributed by atoms with Crippen molar-refractivity contribution in [3.8, 4) is 0 Å². The Labute approximate surface area is 132 Å². The molecule has 0 radical (unpaired) electrons. The molecule has 22 heavy (non-hydrogen) atoms. The van der Waals surface area contributed by atoms with E-state index in [2.05, 4.69) is 12.2 Å². The highest BCUT2D eigenvalue weighted by Crippen LogP contribution is 2.34. The Morgan fingerprint density at radius 2 is 2.05 bits per heavy atom. The van der Waals surface area contributed by atoms with E-state index in [0.717, 1.165) is 5.56 Å². The van der Waals surface area contributed by atoms with Gasteiger partial charge in [-0.3, -0.25) is 0 Å². The van der Waals surface area contributed by atoms with Crippen molar-refractivity contribution in [1.82, 2.24) is 10.2 Å². The van der Waals surface area contributed by atoms with Gasteiger partial charge in [-0.15, -0.1) is 0 Å². The molecule has 122 valence electrons. The number of hydrogen-bond donors (Lipinski definition) is 1. The summed E-state index contributed by atoms with van der Waals surface area (Å²) in [6, 6.07) is 5.32. The Kier molecular flexibility index (Phi) is 4.80. The van der Waals surface area contributed by atoms with Crippen molar-refractivity contribution in [2.75, 3.05) is 13.3 Å². The summed E-state index contributed by atoms with van der Waals surface area (Å²) in [4.78, 5) is 14.2. The molecule has 1 aromatic carbocycles. The van der Waals surface area contributed by atoms with Crippen LogP contribution in [0.3, 0.4) is 0 Å². The molecule has 6 heteroatoms. The molecule has 1 fully saturated rings. The molecule has 0 bridgehead atoms. The quantitative estimate of drug-likeness (QED) is 0.904. The molecular formula is C16H24N2O3S. The Morgan fingerprint density at radius 1 is 1.41 bits per heavy atom. The summed E-state index contributed by atoms with van der Waals surface area (Å²) in [5.41, 5.74) is 1.60. The van der Waals surface area contributed by atoms with Gasteiger partial charge in [0.2, 0.25) is 0 Å². The van der Waals surface area contributed by atoms with Gasteiger partial charge in [0.05, 0.1) is 4.90 Å². The predicted octanol–water partition coefficient (Wildman–Crippen LogP) is 2.34. The highest BCUT2D eigenvalue weighted by atomic mass is 32.2. The maximum absolute atomic E-state index is 12.1. The number of rotatable bonds is 5. The number of nitrogens with zero attached hydrogens (tertiary/aromatic N) is 1. The van der Waals surface area contributed by atoms with Crippen LogP contribution in [0.5, 0.6) is 0 Å². The molecule has 1 aliphatic carbocycles. The molecule has 0 heterocycles. The first-order valence-electron chi connectivity index (χ1n) is 7.50. The first-order chi connectivity index (χ1) is 10.2. The minimum Gasteiger partial charge on any atom is -0.334 e. The van der Waals surface area contributed by atoms with Crippen LogP contribution in [0.15, 0.2) is 23.1 Å². The SMILES string of the molecule is Cc1cc(CNC(=O)N(C)C(C)C2CC2)ccc1S(C)(=O)=O. The zero-order valence-electron chi connectivity index (χ0n) is 13.6. The molecule has 2 rings (SSSR count). The van der Waals surface area contributed by atoms with Crippen molar-refractivity contribution in [3.05, 3.63) is 29.3 Å². The summed E-state index contributed by atoms with van der Waals surface area (Å²) < 4.78 is 23.2. The third-order valence-corrected chi connectivity index (χ3v) is 5.58. The molecule has 0 aromatic heterocycles. The van der Waals surface area contributed by atoms with E-state index in [1.807, 2.05) is 7.05 Å². The zero-order valence-corrected chi connectivity index (χ0v) is 14.4. The average Bonchev–Trinajstić information content (AvgIpc) is 3.26. The predicted molar refractivity (Wildman–Crippen MR) is 86.5 cm³/mol. The second-order valence-electron chi connectivity index (χ2n) is 6.22. The van der Waals surface area contributed by atoms with E-state index in [9.17, 15) is 13.2 Å². The van der Waals surface area contributed by atoms with E-state index in [4.69, 9.17) is 0 Å². The lowest BCUT2D eigenvalue weighted by Gasteiger charge is -2.25. The lowest BCUT2D eigenvalue weighted by molar-refractivity contribution is 0.187. The van der Waals surface area contributed by atoms with Crippen LogP contribution in [0.2, 0.25) is 0 Å². The van der Waals surface area contributed by atoms with Crippen LogP contribution < -0.4 is 5.32 Å². The number of urea groups is 1. The minimum atomic E-state index is -3.20. The van der Waals surface area contributed by atoms with Gasteiger partial charge in [-0.2, -0.15) is 0 Å². The van der Waals surface area contributed by atoms with E-state index < -0.39 is 9.84 Å². The van der Waals surface area contributed by atoms with E-state index >= 15 is 0 Å². The van der Waals surface area contributed by atoms with Crippen molar-refractivity contribution >= 4 is 15.9 Å². The number of nitrogens with one attached hydrogen (secondary N) is 1. The van der Waals surface area contributed by atoms with Crippen molar-refractivity contribution in [2.24, 2.45) is 5.92 Å². The van der Waals surface area contributed by atoms with Crippen LogP contribution in [0, 0.1) is 12.8 Å². The number of aryl methyl sites for hydroxylation is 1. The number of amides is 2. The summed E-state index contributed by atoms with van der Waals surface area (Å²) in [6.45, 7) is 4.23. The third kappa shape index (κ3) is 4.00. The number of benzene rings is 1. The number of carbonyl (C=O) groups excluding carboxylic acids is 1. The lowest BCUT2D eigenvalue weighted by atomic mass is 10.1. The molecule has 1 aromatic rings. The van der Waals surface area contributed by atoms with Gasteiger partial charge in [0.25, 0.3) is 0 Å². The molecule has 1 N–H and O–H groups in total. The van der Waals surface area contributed by atoms with Crippen molar-refractivity contribution in [3.63, 3.8) is 0 Å². The van der Waals surface area contributed by atoms with E-state index in [1.54, 1.807) is 30.0 Å². The molecule has 0 spiro atoms. The Bertz CT molecular complexity index is 666. The fraction of sp³-hybridized carbons (Fsp3) is 0.562. The van der Waals surface area contributed by atoms with Gasteiger partial charge in [0.15, 0.2) is 9.84 Å². The molecule has 2 amide bonds. The molecule has 1 atom stereocenters. The fourth-order valence-electron chi connectivity index (χ4n) is 2.62. The summed E-state index contributed by atoms with van der Waals surface area (Å²) in [7, 11) is -1.39. The fourth-order valence-corrected chi connectivity index (χ4v) is 3.58. The highest BCUT2D eigenvalue weighted by molar-refractivity contribution is 7.90. The standard InChI is InChI=1S/C16H24N2O3S/c1-11-9-13(5-8-15(11)22(4,20)21)10-17-16(19)18(3)12(2)14-6-7-14/h5,8-9,12,14H,6-7,10H2,1-4H3,(H,17,19). The average molecular weight is 324 g/mol. The molecule has 5 nitrogen and oxygen atoms in total. The van der Waals surface area contributed by atoms with Crippen LogP contribution in [0.25, 0.3) is 0 Å². The van der Waals surface area contributed by atoms with Crippen LogP contribution in [-0.4, -0.2) is 38.7 Å². The van der Waals surface area contributed by atoms with E-state index in [0.29, 0.717) is 22.9 Å². The second-order valence-corrected chi connectivity index (χ2v) is 8.20. The monoisotopic (exact) mass is 324 g/mol. The van der Waals surface area contributed by atoms with Crippen LogP contribution in [-0.2, 0) is 16.4 Å². The first-order valence-corrected chi connectivity index (χ1v) is 9.39.